The number of carboxylic acids is 1. The summed E-state index contributed by atoms with van der Waals surface area (Å²) >= 11 is 0. The molecule has 62 heavy (non-hydrogen) atoms. The van der Waals surface area contributed by atoms with E-state index >= 15 is 0 Å². The molecule has 8 heteroatoms. The van der Waals surface area contributed by atoms with Crippen molar-refractivity contribution in [3.8, 4) is 0 Å². The second-order valence-corrected chi connectivity index (χ2v) is 18.1. The second-order valence-electron chi connectivity index (χ2n) is 18.1. The fourth-order valence-electron chi connectivity index (χ4n) is 7.30. The average molecular weight is 871 g/mol. The number of allylic oxidation sites excluding steroid dienone is 10. The minimum Gasteiger partial charge on any atom is -0.477 e. The van der Waals surface area contributed by atoms with Gasteiger partial charge in [0.2, 0.25) is 0 Å². The Kier molecular flexibility index (Phi) is 42.5. The first kappa shape index (κ1) is 59.0. The molecule has 0 aliphatic heterocycles. The van der Waals surface area contributed by atoms with Crippen LogP contribution >= 0.6 is 0 Å². The van der Waals surface area contributed by atoms with Crippen LogP contribution in [0, 0.1) is 0 Å². The molecule has 0 saturated carbocycles. The van der Waals surface area contributed by atoms with Gasteiger partial charge in [0.15, 0.2) is 12.1 Å². The van der Waals surface area contributed by atoms with Crippen LogP contribution in [0.4, 0.5) is 0 Å². The molecule has 1 N–H and O–H groups in total. The van der Waals surface area contributed by atoms with Crippen molar-refractivity contribution in [2.45, 2.75) is 225 Å². The molecule has 0 saturated heterocycles. The molecule has 2 unspecified atom stereocenters. The monoisotopic (exact) mass is 871 g/mol. The second kappa shape index (κ2) is 44.6. The molecule has 0 spiro atoms. The average Bonchev–Trinajstić information content (AvgIpc) is 3.23. The number of likely N-dealkylation sites (N-methyl/N-ethyl adjacent to an activating group) is 1. The largest absolute Gasteiger partial charge is 0.477 e. The van der Waals surface area contributed by atoms with Crippen LogP contribution < -0.4 is 0 Å². The lowest BCUT2D eigenvalue weighted by molar-refractivity contribution is -0.887. The van der Waals surface area contributed by atoms with Gasteiger partial charge in [-0.15, -0.1) is 0 Å². The molecule has 0 radical (unpaired) electrons. The molecule has 0 bridgehead atoms. The number of hydrogen-bond acceptors (Lipinski definition) is 6. The zero-order valence-electron chi connectivity index (χ0n) is 40.8. The maximum atomic E-state index is 12.8. The minimum atomic E-state index is -0.877. The fraction of sp³-hybridized carbons (Fsp3) is 0.759. The number of aliphatic carboxylic acids is 1. The third-order valence-corrected chi connectivity index (χ3v) is 11.2. The highest BCUT2D eigenvalue weighted by molar-refractivity contribution is 5.72. The molecule has 0 fully saturated rings. The van der Waals surface area contributed by atoms with Gasteiger partial charge >= 0.3 is 17.9 Å². The number of ether oxygens (including phenoxy) is 3. The SMILES string of the molecule is CC/C=C/C/C=C/C/C=C/C/C=C/C/C=C/CCCCCCCCC(=O)OC(COCCC(C(=O)O)[N+](C)(C)C)COC(=O)CCCCCCCCCCCCCCCCCC. The molecule has 0 aromatic carbocycles. The first-order chi connectivity index (χ1) is 30.1. The fourth-order valence-corrected chi connectivity index (χ4v) is 7.30. The Morgan fingerprint density at radius 1 is 0.500 bits per heavy atom. The maximum Gasteiger partial charge on any atom is 0.362 e. The van der Waals surface area contributed by atoms with E-state index < -0.39 is 18.1 Å². The Morgan fingerprint density at radius 3 is 1.34 bits per heavy atom. The van der Waals surface area contributed by atoms with Gasteiger partial charge in [0.05, 0.1) is 34.4 Å². The highest BCUT2D eigenvalue weighted by atomic mass is 16.6. The predicted octanol–water partition coefficient (Wildman–Crippen LogP) is 14.5. The highest BCUT2D eigenvalue weighted by Crippen LogP contribution is 2.15. The molecule has 8 nitrogen and oxygen atoms in total. The van der Waals surface area contributed by atoms with Gasteiger partial charge in [-0.3, -0.25) is 9.59 Å². The number of nitrogens with zero attached hydrogens (tertiary/aromatic N) is 1. The van der Waals surface area contributed by atoms with Gasteiger partial charge < -0.3 is 23.8 Å². The molecular weight excluding hydrogens is 775 g/mol. The Bertz CT molecular complexity index is 1200. The van der Waals surface area contributed by atoms with Crippen molar-refractivity contribution in [1.29, 1.82) is 0 Å². The van der Waals surface area contributed by atoms with E-state index in [4.69, 9.17) is 14.2 Å². The Morgan fingerprint density at radius 2 is 0.903 bits per heavy atom. The maximum absolute atomic E-state index is 12.8. The quantitative estimate of drug-likeness (QED) is 0.0282. The van der Waals surface area contributed by atoms with Gasteiger partial charge in [-0.2, -0.15) is 0 Å². The van der Waals surface area contributed by atoms with Crippen molar-refractivity contribution in [3.63, 3.8) is 0 Å². The predicted molar refractivity (Wildman–Crippen MR) is 261 cm³/mol. The minimum absolute atomic E-state index is 0.0550. The number of rotatable bonds is 45. The van der Waals surface area contributed by atoms with E-state index in [0.717, 1.165) is 83.5 Å². The zero-order valence-corrected chi connectivity index (χ0v) is 40.8. The highest BCUT2D eigenvalue weighted by Gasteiger charge is 2.31. The van der Waals surface area contributed by atoms with Crippen LogP contribution in [0.5, 0.6) is 0 Å². The van der Waals surface area contributed by atoms with Crippen molar-refractivity contribution in [2.24, 2.45) is 0 Å². The lowest BCUT2D eigenvalue weighted by Crippen LogP contribution is -2.50. The van der Waals surface area contributed by atoms with Crippen LogP contribution in [0.1, 0.15) is 213 Å². The summed E-state index contributed by atoms with van der Waals surface area (Å²) in [7, 11) is 5.53. The van der Waals surface area contributed by atoms with Crippen LogP contribution in [0.2, 0.25) is 0 Å². The van der Waals surface area contributed by atoms with Crippen molar-refractivity contribution in [1.82, 2.24) is 0 Å². The summed E-state index contributed by atoms with van der Waals surface area (Å²) in [4.78, 5) is 37.1. The number of carboxylic acid groups (broad SMARTS) is 1. The van der Waals surface area contributed by atoms with Crippen LogP contribution in [0.25, 0.3) is 0 Å². The third-order valence-electron chi connectivity index (χ3n) is 11.2. The van der Waals surface area contributed by atoms with E-state index in [1.54, 1.807) is 0 Å². The molecule has 0 rings (SSSR count). The molecule has 0 aliphatic carbocycles. The third kappa shape index (κ3) is 42.3. The number of quaternary nitrogens is 1. The van der Waals surface area contributed by atoms with Crippen molar-refractivity contribution < 1.29 is 38.2 Å². The summed E-state index contributed by atoms with van der Waals surface area (Å²) in [6.07, 6.45) is 55.5. The first-order valence-electron chi connectivity index (χ1n) is 25.3. The molecule has 0 aromatic heterocycles. The standard InChI is InChI=1S/C54H95NO7/c1-6-8-10-12-14-16-18-20-22-24-25-26-27-28-29-31-33-35-37-39-41-43-45-53(57)62-50(48-60-47-46-51(54(58)59)55(3,4)5)49-61-52(56)44-42-40-38-36-34-32-30-23-21-19-17-15-13-11-9-7-2/h8,10,14,16,20,22,25-26,28-29,50-51H,6-7,9,11-13,15,17-19,21,23-24,27,30-49H2,1-5H3/p+1/b10-8+,16-14+,22-20+,26-25+,29-28+. The summed E-state index contributed by atoms with van der Waals surface area (Å²) in [6, 6.07) is -0.619. The van der Waals surface area contributed by atoms with E-state index in [1.807, 2.05) is 21.1 Å². The number of carbonyl (C=O) groups is 3. The smallest absolute Gasteiger partial charge is 0.362 e. The molecule has 0 aliphatic rings. The van der Waals surface area contributed by atoms with E-state index in [9.17, 15) is 19.5 Å². The zero-order chi connectivity index (χ0) is 45.6. The van der Waals surface area contributed by atoms with E-state index in [2.05, 4.69) is 74.6 Å². The lowest BCUT2D eigenvalue weighted by Gasteiger charge is -2.31. The van der Waals surface area contributed by atoms with Crippen molar-refractivity contribution in [2.75, 3.05) is 41.0 Å². The molecule has 0 aromatic rings. The van der Waals surface area contributed by atoms with E-state index in [1.165, 1.54) is 96.3 Å². The van der Waals surface area contributed by atoms with E-state index in [-0.39, 0.29) is 36.2 Å². The summed E-state index contributed by atoms with van der Waals surface area (Å²) in [5.41, 5.74) is 0. The van der Waals surface area contributed by atoms with Crippen molar-refractivity contribution >= 4 is 17.9 Å². The summed E-state index contributed by atoms with van der Waals surface area (Å²) in [5.74, 6) is -1.48. The Labute approximate surface area is 381 Å². The van der Waals surface area contributed by atoms with Gasteiger partial charge in [-0.25, -0.2) is 4.79 Å². The van der Waals surface area contributed by atoms with Crippen LogP contribution in [-0.2, 0) is 28.6 Å². The number of hydrogen-bond donors (Lipinski definition) is 1. The van der Waals surface area contributed by atoms with Gasteiger partial charge in [0.1, 0.15) is 6.61 Å². The number of unbranched alkanes of at least 4 members (excludes halogenated alkanes) is 21. The Hall–Kier alpha value is -2.97. The van der Waals surface area contributed by atoms with Gasteiger partial charge in [-0.1, -0.05) is 197 Å². The lowest BCUT2D eigenvalue weighted by atomic mass is 10.0. The molecule has 358 valence electrons. The van der Waals surface area contributed by atoms with Gasteiger partial charge in [-0.05, 0) is 57.8 Å². The normalized spacial score (nSPS) is 13.4. The van der Waals surface area contributed by atoms with E-state index in [0.29, 0.717) is 19.3 Å². The van der Waals surface area contributed by atoms with Crippen LogP contribution in [-0.4, -0.2) is 80.6 Å². The van der Waals surface area contributed by atoms with Crippen molar-refractivity contribution in [3.05, 3.63) is 60.8 Å². The summed E-state index contributed by atoms with van der Waals surface area (Å²) < 4.78 is 17.3. The summed E-state index contributed by atoms with van der Waals surface area (Å²) in [5, 5.41) is 9.65. The number of esters is 2. The van der Waals surface area contributed by atoms with Gasteiger partial charge in [0.25, 0.3) is 0 Å². The van der Waals surface area contributed by atoms with Crippen LogP contribution in [0.3, 0.4) is 0 Å². The molecule has 0 heterocycles. The Balaban J connectivity index is 4.29. The molecule has 2 atom stereocenters. The topological polar surface area (TPSA) is 99.1 Å². The first-order valence-corrected chi connectivity index (χ1v) is 25.3. The molecular formula is C54H96NO7+. The number of carbonyl (C=O) groups excluding carboxylic acids is 2. The molecule has 0 amide bonds. The summed E-state index contributed by atoms with van der Waals surface area (Å²) in [6.45, 7) is 4.63. The van der Waals surface area contributed by atoms with Gasteiger partial charge in [0, 0.05) is 19.3 Å². The van der Waals surface area contributed by atoms with Crippen LogP contribution in [0.15, 0.2) is 60.8 Å².